The van der Waals surface area contributed by atoms with Gasteiger partial charge in [-0.15, -0.1) is 0 Å². The van der Waals surface area contributed by atoms with Crippen molar-refractivity contribution in [2.24, 2.45) is 5.92 Å². The van der Waals surface area contributed by atoms with Gasteiger partial charge in [0.25, 0.3) is 0 Å². The monoisotopic (exact) mass is 245 g/mol. The quantitative estimate of drug-likeness (QED) is 0.838. The van der Waals surface area contributed by atoms with Crippen LogP contribution in [-0.2, 0) is 6.54 Å². The molecule has 0 aromatic heterocycles. The van der Waals surface area contributed by atoms with E-state index in [1.807, 2.05) is 0 Å². The molecule has 1 saturated carbocycles. The van der Waals surface area contributed by atoms with Crippen LogP contribution < -0.4 is 5.32 Å². The molecule has 1 aromatic rings. The van der Waals surface area contributed by atoms with Crippen molar-refractivity contribution in [2.45, 2.75) is 66.0 Å². The zero-order valence-electron chi connectivity index (χ0n) is 12.3. The van der Waals surface area contributed by atoms with Gasteiger partial charge in [0.2, 0.25) is 0 Å². The summed E-state index contributed by atoms with van der Waals surface area (Å²) in [5.41, 5.74) is 5.74. The van der Waals surface area contributed by atoms with Gasteiger partial charge in [0, 0.05) is 12.6 Å². The lowest BCUT2D eigenvalue weighted by Gasteiger charge is -2.30. The maximum Gasteiger partial charge on any atom is 0.0213 e. The molecule has 1 aliphatic carbocycles. The van der Waals surface area contributed by atoms with Gasteiger partial charge in [0.05, 0.1) is 0 Å². The van der Waals surface area contributed by atoms with E-state index in [2.05, 4.69) is 45.1 Å². The standard InChI is InChI=1S/C17H27N/c1-12-9-14(3)16(15(4)10-12)11-18-17-8-6-5-7-13(17)2/h9-10,13,17-18H,5-8,11H2,1-4H3. The molecule has 18 heavy (non-hydrogen) atoms. The fourth-order valence-corrected chi connectivity index (χ4v) is 3.34. The molecule has 0 aliphatic heterocycles. The Balaban J connectivity index is 2.01. The van der Waals surface area contributed by atoms with E-state index in [9.17, 15) is 0 Å². The van der Waals surface area contributed by atoms with Gasteiger partial charge in [0.15, 0.2) is 0 Å². The van der Waals surface area contributed by atoms with E-state index in [1.54, 1.807) is 0 Å². The topological polar surface area (TPSA) is 12.0 Å². The number of benzene rings is 1. The SMILES string of the molecule is Cc1cc(C)c(CNC2CCCCC2C)c(C)c1. The zero-order valence-corrected chi connectivity index (χ0v) is 12.3. The van der Waals surface area contributed by atoms with Crippen LogP contribution in [-0.4, -0.2) is 6.04 Å². The lowest BCUT2D eigenvalue weighted by atomic mass is 9.85. The molecule has 1 N–H and O–H groups in total. The maximum absolute atomic E-state index is 3.79. The number of hydrogen-bond acceptors (Lipinski definition) is 1. The Morgan fingerprint density at radius 3 is 2.28 bits per heavy atom. The molecule has 1 aromatic carbocycles. The van der Waals surface area contributed by atoms with E-state index < -0.39 is 0 Å². The largest absolute Gasteiger partial charge is 0.310 e. The Hall–Kier alpha value is -0.820. The van der Waals surface area contributed by atoms with Crippen LogP contribution in [0.15, 0.2) is 12.1 Å². The number of nitrogens with one attached hydrogen (secondary N) is 1. The van der Waals surface area contributed by atoms with Gasteiger partial charge in [-0.25, -0.2) is 0 Å². The number of aryl methyl sites for hydroxylation is 3. The third kappa shape index (κ3) is 3.14. The predicted molar refractivity (Wildman–Crippen MR) is 78.9 cm³/mol. The first-order valence-corrected chi connectivity index (χ1v) is 7.38. The maximum atomic E-state index is 3.79. The second kappa shape index (κ2) is 5.88. The van der Waals surface area contributed by atoms with E-state index in [-0.39, 0.29) is 0 Å². The molecule has 2 unspecified atom stereocenters. The highest BCUT2D eigenvalue weighted by atomic mass is 14.9. The summed E-state index contributed by atoms with van der Waals surface area (Å²) in [6.07, 6.45) is 5.56. The van der Waals surface area contributed by atoms with Crippen LogP contribution in [0.25, 0.3) is 0 Å². The van der Waals surface area contributed by atoms with Crippen LogP contribution >= 0.6 is 0 Å². The third-order valence-corrected chi connectivity index (χ3v) is 4.49. The summed E-state index contributed by atoms with van der Waals surface area (Å²) in [5, 5.41) is 3.79. The number of hydrogen-bond donors (Lipinski definition) is 1. The Labute approximate surface area is 112 Å². The van der Waals surface area contributed by atoms with Gasteiger partial charge in [-0.05, 0) is 56.2 Å². The summed E-state index contributed by atoms with van der Waals surface area (Å²) in [4.78, 5) is 0. The van der Waals surface area contributed by atoms with Gasteiger partial charge in [-0.3, -0.25) is 0 Å². The molecule has 0 spiro atoms. The Morgan fingerprint density at radius 1 is 1.06 bits per heavy atom. The summed E-state index contributed by atoms with van der Waals surface area (Å²) >= 11 is 0. The van der Waals surface area contributed by atoms with E-state index >= 15 is 0 Å². The Bertz CT molecular complexity index is 385. The summed E-state index contributed by atoms with van der Waals surface area (Å²) in [5.74, 6) is 0.838. The van der Waals surface area contributed by atoms with Gasteiger partial charge < -0.3 is 5.32 Å². The van der Waals surface area contributed by atoms with Crippen LogP contribution in [0, 0.1) is 26.7 Å². The molecule has 1 nitrogen and oxygen atoms in total. The van der Waals surface area contributed by atoms with E-state index in [1.165, 1.54) is 47.9 Å². The van der Waals surface area contributed by atoms with Crippen LogP contribution in [0.2, 0.25) is 0 Å². The fraction of sp³-hybridized carbons (Fsp3) is 0.647. The highest BCUT2D eigenvalue weighted by molar-refractivity contribution is 5.37. The lowest BCUT2D eigenvalue weighted by Crippen LogP contribution is -2.37. The van der Waals surface area contributed by atoms with Crippen molar-refractivity contribution in [3.05, 3.63) is 34.4 Å². The minimum absolute atomic E-state index is 0.721. The Morgan fingerprint density at radius 2 is 1.67 bits per heavy atom. The predicted octanol–water partition coefficient (Wildman–Crippen LogP) is 4.28. The van der Waals surface area contributed by atoms with Crippen molar-refractivity contribution in [2.75, 3.05) is 0 Å². The second-order valence-corrected chi connectivity index (χ2v) is 6.13. The van der Waals surface area contributed by atoms with Gasteiger partial charge in [0.1, 0.15) is 0 Å². The fourth-order valence-electron chi connectivity index (χ4n) is 3.34. The normalized spacial score (nSPS) is 24.2. The van der Waals surface area contributed by atoms with Gasteiger partial charge in [-0.2, -0.15) is 0 Å². The molecular weight excluding hydrogens is 218 g/mol. The summed E-state index contributed by atoms with van der Waals surface area (Å²) in [7, 11) is 0. The zero-order chi connectivity index (χ0) is 13.1. The molecule has 0 saturated heterocycles. The van der Waals surface area contributed by atoms with Crippen molar-refractivity contribution in [3.8, 4) is 0 Å². The molecular formula is C17H27N. The van der Waals surface area contributed by atoms with Crippen LogP contribution in [0.5, 0.6) is 0 Å². The smallest absolute Gasteiger partial charge is 0.0213 e. The molecule has 0 amide bonds. The highest BCUT2D eigenvalue weighted by Crippen LogP contribution is 2.24. The first-order chi connectivity index (χ1) is 8.58. The van der Waals surface area contributed by atoms with Crippen LogP contribution in [0.4, 0.5) is 0 Å². The van der Waals surface area contributed by atoms with Crippen molar-refractivity contribution >= 4 is 0 Å². The first kappa shape index (κ1) is 13.6. The first-order valence-electron chi connectivity index (χ1n) is 7.38. The minimum atomic E-state index is 0.721. The van der Waals surface area contributed by atoms with Crippen molar-refractivity contribution in [1.29, 1.82) is 0 Å². The molecule has 0 radical (unpaired) electrons. The lowest BCUT2D eigenvalue weighted by molar-refractivity contribution is 0.279. The molecule has 1 fully saturated rings. The summed E-state index contributed by atoms with van der Waals surface area (Å²) in [6, 6.07) is 5.32. The van der Waals surface area contributed by atoms with Crippen molar-refractivity contribution in [3.63, 3.8) is 0 Å². The van der Waals surface area contributed by atoms with E-state index in [0.29, 0.717) is 0 Å². The summed E-state index contributed by atoms with van der Waals surface area (Å²) < 4.78 is 0. The molecule has 1 heteroatoms. The summed E-state index contributed by atoms with van der Waals surface area (Å²) in [6.45, 7) is 10.1. The van der Waals surface area contributed by atoms with E-state index in [4.69, 9.17) is 0 Å². The molecule has 0 heterocycles. The van der Waals surface area contributed by atoms with Crippen LogP contribution in [0.1, 0.15) is 54.9 Å². The number of rotatable bonds is 3. The Kier molecular flexibility index (Phi) is 4.45. The molecule has 1 aliphatic rings. The van der Waals surface area contributed by atoms with Crippen molar-refractivity contribution in [1.82, 2.24) is 5.32 Å². The minimum Gasteiger partial charge on any atom is -0.310 e. The van der Waals surface area contributed by atoms with Gasteiger partial charge in [-0.1, -0.05) is 37.5 Å². The average molecular weight is 245 g/mol. The van der Waals surface area contributed by atoms with Gasteiger partial charge >= 0.3 is 0 Å². The average Bonchev–Trinajstić information content (AvgIpc) is 2.30. The third-order valence-electron chi connectivity index (χ3n) is 4.49. The van der Waals surface area contributed by atoms with Crippen molar-refractivity contribution < 1.29 is 0 Å². The van der Waals surface area contributed by atoms with Crippen LogP contribution in [0.3, 0.4) is 0 Å². The molecule has 0 bridgehead atoms. The molecule has 2 atom stereocenters. The molecule has 100 valence electrons. The second-order valence-electron chi connectivity index (χ2n) is 6.13. The highest BCUT2D eigenvalue weighted by Gasteiger charge is 2.20. The van der Waals surface area contributed by atoms with E-state index in [0.717, 1.165) is 18.5 Å². The molecule has 2 rings (SSSR count).